The highest BCUT2D eigenvalue weighted by Gasteiger charge is 2.27. The predicted octanol–water partition coefficient (Wildman–Crippen LogP) is 4.52. The first-order chi connectivity index (χ1) is 9.74. The molecule has 0 spiro atoms. The number of hydrogen-bond donors (Lipinski definition) is 1. The van der Waals surface area contributed by atoms with Gasteiger partial charge in [0.25, 0.3) is 0 Å². The Labute approximate surface area is 123 Å². The molecule has 0 bridgehead atoms. The molecule has 1 aromatic rings. The highest BCUT2D eigenvalue weighted by atomic mass is 15.1. The topological polar surface area (TPSA) is 15.3 Å². The van der Waals surface area contributed by atoms with Crippen LogP contribution in [0.3, 0.4) is 0 Å². The minimum Gasteiger partial charge on any atom is -0.382 e. The molecule has 3 rings (SSSR count). The normalized spacial score (nSPS) is 30.5. The second-order valence-electron chi connectivity index (χ2n) is 6.80. The average Bonchev–Trinajstić information content (AvgIpc) is 2.98. The van der Waals surface area contributed by atoms with Crippen molar-refractivity contribution in [1.29, 1.82) is 0 Å². The highest BCUT2D eigenvalue weighted by molar-refractivity contribution is 5.59. The van der Waals surface area contributed by atoms with Gasteiger partial charge < -0.3 is 10.2 Å². The number of anilines is 2. The molecular formula is C18H28N2. The monoisotopic (exact) mass is 272 g/mol. The van der Waals surface area contributed by atoms with Gasteiger partial charge in [-0.05, 0) is 55.7 Å². The van der Waals surface area contributed by atoms with Crippen LogP contribution in [0.1, 0.15) is 46.0 Å². The van der Waals surface area contributed by atoms with Crippen LogP contribution >= 0.6 is 0 Å². The summed E-state index contributed by atoms with van der Waals surface area (Å²) in [6.45, 7) is 7.24. The summed E-state index contributed by atoms with van der Waals surface area (Å²) < 4.78 is 0. The van der Waals surface area contributed by atoms with Crippen molar-refractivity contribution in [3.05, 3.63) is 24.3 Å². The first-order valence-corrected chi connectivity index (χ1v) is 8.35. The van der Waals surface area contributed by atoms with Crippen molar-refractivity contribution >= 4 is 11.4 Å². The van der Waals surface area contributed by atoms with Gasteiger partial charge in [0, 0.05) is 30.5 Å². The van der Waals surface area contributed by atoms with Crippen molar-refractivity contribution in [2.45, 2.75) is 52.0 Å². The van der Waals surface area contributed by atoms with Crippen molar-refractivity contribution in [3.63, 3.8) is 0 Å². The molecule has 2 heteroatoms. The lowest BCUT2D eigenvalue weighted by Gasteiger charge is -2.36. The molecule has 1 aliphatic carbocycles. The molecule has 20 heavy (non-hydrogen) atoms. The van der Waals surface area contributed by atoms with E-state index < -0.39 is 0 Å². The summed E-state index contributed by atoms with van der Waals surface area (Å²) in [5, 5.41) is 3.82. The summed E-state index contributed by atoms with van der Waals surface area (Å²) in [7, 11) is 0. The Hall–Kier alpha value is -1.18. The van der Waals surface area contributed by atoms with Gasteiger partial charge in [0.05, 0.1) is 0 Å². The van der Waals surface area contributed by atoms with Gasteiger partial charge >= 0.3 is 0 Å². The highest BCUT2D eigenvalue weighted by Crippen LogP contribution is 2.32. The van der Waals surface area contributed by atoms with Crippen molar-refractivity contribution < 1.29 is 0 Å². The standard InChI is InChI=1S/C18H28N2/c1-14-7-5-8-15(2)18(14)19-16-9-6-10-17(13-16)20-11-3-4-12-20/h6,9-10,13-15,18-19H,3-5,7-8,11-12H2,1-2H3. The molecule has 2 aliphatic rings. The predicted molar refractivity (Wildman–Crippen MR) is 87.5 cm³/mol. The van der Waals surface area contributed by atoms with E-state index in [1.807, 2.05) is 0 Å². The van der Waals surface area contributed by atoms with E-state index in [-0.39, 0.29) is 0 Å². The zero-order chi connectivity index (χ0) is 13.9. The summed E-state index contributed by atoms with van der Waals surface area (Å²) in [4.78, 5) is 2.51. The van der Waals surface area contributed by atoms with Gasteiger partial charge in [0.1, 0.15) is 0 Å². The fourth-order valence-corrected chi connectivity index (χ4v) is 3.93. The van der Waals surface area contributed by atoms with Crippen LogP contribution in [0.15, 0.2) is 24.3 Å². The molecule has 1 saturated carbocycles. The Bertz CT molecular complexity index is 427. The smallest absolute Gasteiger partial charge is 0.0386 e. The second-order valence-corrected chi connectivity index (χ2v) is 6.80. The Balaban J connectivity index is 1.71. The summed E-state index contributed by atoms with van der Waals surface area (Å²) in [5.74, 6) is 1.57. The van der Waals surface area contributed by atoms with Gasteiger partial charge in [-0.1, -0.05) is 26.3 Å². The van der Waals surface area contributed by atoms with Gasteiger partial charge in [0.2, 0.25) is 0 Å². The second kappa shape index (κ2) is 6.07. The Kier molecular flexibility index (Phi) is 4.18. The van der Waals surface area contributed by atoms with E-state index in [9.17, 15) is 0 Å². The van der Waals surface area contributed by atoms with Gasteiger partial charge in [0.15, 0.2) is 0 Å². The fraction of sp³-hybridized carbons (Fsp3) is 0.667. The minimum absolute atomic E-state index is 0.637. The van der Waals surface area contributed by atoms with Gasteiger partial charge in [-0.15, -0.1) is 0 Å². The van der Waals surface area contributed by atoms with E-state index >= 15 is 0 Å². The largest absolute Gasteiger partial charge is 0.382 e. The van der Waals surface area contributed by atoms with Gasteiger partial charge in [-0.25, -0.2) is 0 Å². The van der Waals surface area contributed by atoms with E-state index in [2.05, 4.69) is 48.3 Å². The molecule has 110 valence electrons. The molecule has 2 nitrogen and oxygen atoms in total. The van der Waals surface area contributed by atoms with E-state index in [4.69, 9.17) is 0 Å². The first kappa shape index (κ1) is 13.8. The summed E-state index contributed by atoms with van der Waals surface area (Å²) >= 11 is 0. The molecule has 1 aromatic carbocycles. The van der Waals surface area contributed by atoms with Crippen LogP contribution < -0.4 is 10.2 Å². The molecule has 2 unspecified atom stereocenters. The first-order valence-electron chi connectivity index (χ1n) is 8.35. The van der Waals surface area contributed by atoms with Crippen LogP contribution in [-0.2, 0) is 0 Å². The Morgan fingerprint density at radius 3 is 2.40 bits per heavy atom. The molecule has 2 atom stereocenters. The van der Waals surface area contributed by atoms with E-state index in [0.717, 1.165) is 11.8 Å². The fourth-order valence-electron chi connectivity index (χ4n) is 3.93. The summed E-state index contributed by atoms with van der Waals surface area (Å²) in [6.07, 6.45) is 6.82. The molecular weight excluding hydrogens is 244 g/mol. The zero-order valence-electron chi connectivity index (χ0n) is 12.9. The maximum absolute atomic E-state index is 3.82. The van der Waals surface area contributed by atoms with Crippen molar-refractivity contribution in [2.75, 3.05) is 23.3 Å². The van der Waals surface area contributed by atoms with Crippen molar-refractivity contribution in [2.24, 2.45) is 11.8 Å². The minimum atomic E-state index is 0.637. The van der Waals surface area contributed by atoms with E-state index in [1.54, 1.807) is 0 Å². The summed E-state index contributed by atoms with van der Waals surface area (Å²) in [6, 6.07) is 9.67. The number of nitrogens with one attached hydrogen (secondary N) is 1. The number of hydrogen-bond acceptors (Lipinski definition) is 2. The molecule has 1 aliphatic heterocycles. The van der Waals surface area contributed by atoms with Gasteiger partial charge in [-0.2, -0.15) is 0 Å². The van der Waals surface area contributed by atoms with Crippen molar-refractivity contribution in [1.82, 2.24) is 0 Å². The Morgan fingerprint density at radius 1 is 1.00 bits per heavy atom. The molecule has 0 aromatic heterocycles. The molecule has 0 amide bonds. The molecule has 0 radical (unpaired) electrons. The molecule has 1 heterocycles. The van der Waals surface area contributed by atoms with Crippen LogP contribution in [0.2, 0.25) is 0 Å². The third kappa shape index (κ3) is 2.94. The quantitative estimate of drug-likeness (QED) is 0.870. The maximum atomic E-state index is 3.82. The van der Waals surface area contributed by atoms with Crippen LogP contribution in [0.25, 0.3) is 0 Å². The lowest BCUT2D eigenvalue weighted by atomic mass is 9.78. The third-order valence-corrected chi connectivity index (χ3v) is 5.20. The number of nitrogens with zero attached hydrogens (tertiary/aromatic N) is 1. The molecule has 1 N–H and O–H groups in total. The van der Waals surface area contributed by atoms with E-state index in [1.165, 1.54) is 56.6 Å². The lowest BCUT2D eigenvalue weighted by Crippen LogP contribution is -2.37. The lowest BCUT2D eigenvalue weighted by molar-refractivity contribution is 0.268. The summed E-state index contributed by atoms with van der Waals surface area (Å²) in [5.41, 5.74) is 2.70. The molecule has 2 fully saturated rings. The maximum Gasteiger partial charge on any atom is 0.0386 e. The van der Waals surface area contributed by atoms with Gasteiger partial charge in [-0.3, -0.25) is 0 Å². The SMILES string of the molecule is CC1CCCC(C)C1Nc1cccc(N2CCCC2)c1. The van der Waals surface area contributed by atoms with Crippen LogP contribution in [0.5, 0.6) is 0 Å². The van der Waals surface area contributed by atoms with E-state index in [0.29, 0.717) is 6.04 Å². The zero-order valence-corrected chi connectivity index (χ0v) is 12.9. The third-order valence-electron chi connectivity index (χ3n) is 5.20. The Morgan fingerprint density at radius 2 is 1.70 bits per heavy atom. The van der Waals surface area contributed by atoms with Crippen LogP contribution in [-0.4, -0.2) is 19.1 Å². The molecule has 1 saturated heterocycles. The number of benzene rings is 1. The van der Waals surface area contributed by atoms with Crippen LogP contribution in [0, 0.1) is 11.8 Å². The number of rotatable bonds is 3. The average molecular weight is 272 g/mol. The van der Waals surface area contributed by atoms with Crippen LogP contribution in [0.4, 0.5) is 11.4 Å². The van der Waals surface area contributed by atoms with Crippen molar-refractivity contribution in [3.8, 4) is 0 Å².